The van der Waals surface area contributed by atoms with Gasteiger partial charge in [0.1, 0.15) is 0 Å². The summed E-state index contributed by atoms with van der Waals surface area (Å²) in [6.45, 7) is 1.55. The van der Waals surface area contributed by atoms with Gasteiger partial charge in [0, 0.05) is 11.7 Å². The van der Waals surface area contributed by atoms with Crippen LogP contribution in [0.4, 0.5) is 0 Å². The Morgan fingerprint density at radius 3 is 2.35 bits per heavy atom. The second-order valence-corrected chi connectivity index (χ2v) is 9.02. The van der Waals surface area contributed by atoms with Gasteiger partial charge >= 0.3 is 29.6 Å². The molecule has 1 saturated heterocycles. The first-order valence-electron chi connectivity index (χ1n) is 8.41. The first kappa shape index (κ1) is 18.1. The van der Waals surface area contributed by atoms with Crippen LogP contribution >= 0.6 is 11.8 Å². The molecule has 0 unspecified atom stereocenters. The number of carbonyl (C=O) groups excluding carboxylic acids is 2. The zero-order valence-corrected chi connectivity index (χ0v) is 16.7. The van der Waals surface area contributed by atoms with E-state index in [1.807, 2.05) is 18.7 Å². The summed E-state index contributed by atoms with van der Waals surface area (Å²) in [6.07, 6.45) is 6.30. The third-order valence-corrected chi connectivity index (χ3v) is 8.11. The fraction of sp³-hybridized carbons (Fsp3) is 0.875. The maximum atomic E-state index is 12.5. The molecule has 4 aliphatic carbocycles. The average Bonchev–Trinajstić information content (AvgIpc) is 2.57. The largest absolute Gasteiger partial charge is 1.00 e. The summed E-state index contributed by atoms with van der Waals surface area (Å²) < 4.78 is 0. The first-order valence-corrected chi connectivity index (χ1v) is 9.39. The van der Waals surface area contributed by atoms with Gasteiger partial charge in [0.05, 0.1) is 17.4 Å². The van der Waals surface area contributed by atoms with Gasteiger partial charge in [-0.15, -0.1) is 11.8 Å². The minimum Gasteiger partial charge on any atom is -0.548 e. The first-order chi connectivity index (χ1) is 10.5. The van der Waals surface area contributed by atoms with Crippen molar-refractivity contribution in [3.63, 3.8) is 0 Å². The second kappa shape index (κ2) is 6.52. The van der Waals surface area contributed by atoms with Crippen molar-refractivity contribution in [2.24, 2.45) is 29.6 Å². The van der Waals surface area contributed by atoms with E-state index in [4.69, 9.17) is 0 Å². The molecule has 1 aliphatic heterocycles. The Kier molecular flexibility index (Phi) is 5.12. The predicted molar refractivity (Wildman–Crippen MR) is 81.3 cm³/mol. The van der Waals surface area contributed by atoms with E-state index in [0.29, 0.717) is 11.8 Å². The number of carboxylic acids is 1. The van der Waals surface area contributed by atoms with Crippen LogP contribution in [0.3, 0.4) is 0 Å². The summed E-state index contributed by atoms with van der Waals surface area (Å²) in [5.41, 5.74) is 3.41. The van der Waals surface area contributed by atoms with Crippen LogP contribution in [0.1, 0.15) is 39.0 Å². The van der Waals surface area contributed by atoms with E-state index < -0.39 is 5.97 Å². The molecule has 23 heavy (non-hydrogen) atoms. The van der Waals surface area contributed by atoms with Gasteiger partial charge in [0.2, 0.25) is 5.91 Å². The number of nitrogens with zero attached hydrogens (tertiary/aromatic N) is 1. The Labute approximate surface area is 163 Å². The standard InChI is InChI=1S/C16H24N2O3S.Na/c1-9-8-22-16(17-18(15(9)21)7-14(19)20)12-3-10-2-11(5-12)6-13(16)4-10;/h9-13,17H,2-8H2,1H3,(H,19,20);/q;+1/p-1/t9-,10?,11?,12?,13?,16?;/m1./s1. The van der Waals surface area contributed by atoms with Gasteiger partial charge in [-0.3, -0.25) is 9.80 Å². The van der Waals surface area contributed by atoms with Gasteiger partial charge in [0.15, 0.2) is 0 Å². The van der Waals surface area contributed by atoms with E-state index in [0.717, 1.165) is 17.6 Å². The van der Waals surface area contributed by atoms with E-state index in [2.05, 4.69) is 5.43 Å². The van der Waals surface area contributed by atoms with Crippen LogP contribution in [0.25, 0.3) is 0 Å². The quantitative estimate of drug-likeness (QED) is 0.565. The zero-order chi connectivity index (χ0) is 15.5. The Morgan fingerprint density at radius 1 is 1.26 bits per heavy atom. The fourth-order valence-electron chi connectivity index (χ4n) is 5.45. The summed E-state index contributed by atoms with van der Waals surface area (Å²) in [6, 6.07) is 0. The molecule has 1 N–H and O–H groups in total. The Bertz CT molecular complexity index is 488. The normalized spacial score (nSPS) is 45.0. The number of rotatable bonds is 2. The van der Waals surface area contributed by atoms with Crippen molar-refractivity contribution in [3.05, 3.63) is 0 Å². The molecule has 1 heterocycles. The summed E-state index contributed by atoms with van der Waals surface area (Å²) in [5.74, 6) is 2.16. The number of hydrogen-bond acceptors (Lipinski definition) is 5. The summed E-state index contributed by atoms with van der Waals surface area (Å²) >= 11 is 1.88. The van der Waals surface area contributed by atoms with Gasteiger partial charge in [-0.1, -0.05) is 6.92 Å². The van der Waals surface area contributed by atoms with Gasteiger partial charge in [-0.2, -0.15) is 0 Å². The van der Waals surface area contributed by atoms with Crippen LogP contribution < -0.4 is 40.1 Å². The molecule has 122 valence electrons. The molecular formula is C16H23N2NaO3S. The number of carbonyl (C=O) groups is 2. The number of carboxylic acid groups (broad SMARTS) is 1. The van der Waals surface area contributed by atoms with Crippen molar-refractivity contribution in [1.82, 2.24) is 10.4 Å². The number of hydrazine groups is 1. The monoisotopic (exact) mass is 346 g/mol. The summed E-state index contributed by atoms with van der Waals surface area (Å²) in [4.78, 5) is 23.4. The van der Waals surface area contributed by atoms with Crippen molar-refractivity contribution in [2.45, 2.75) is 43.9 Å². The van der Waals surface area contributed by atoms with E-state index in [-0.39, 0.29) is 52.8 Å². The predicted octanol–water partition coefficient (Wildman–Crippen LogP) is -2.39. The van der Waals surface area contributed by atoms with Crippen molar-refractivity contribution in [3.8, 4) is 0 Å². The molecule has 4 saturated carbocycles. The number of hydrogen-bond donors (Lipinski definition) is 1. The molecule has 5 aliphatic rings. The average molecular weight is 346 g/mol. The maximum absolute atomic E-state index is 12.5. The second-order valence-electron chi connectivity index (χ2n) is 7.72. The number of thioether (sulfide) groups is 1. The number of amides is 1. The summed E-state index contributed by atoms with van der Waals surface area (Å²) in [7, 11) is 0. The molecule has 1 spiro atoms. The smallest absolute Gasteiger partial charge is 0.548 e. The van der Waals surface area contributed by atoms with Gasteiger partial charge in [-0.25, -0.2) is 5.43 Å². The molecule has 0 aromatic carbocycles. The fourth-order valence-corrected chi connectivity index (χ4v) is 7.15. The molecular weight excluding hydrogens is 323 g/mol. The SMILES string of the molecule is C[C@@H]1CSC2(NN(CC(=O)[O-])C1=O)C1CC3CC(C1)CC2C3.[Na+]. The van der Waals surface area contributed by atoms with Crippen molar-refractivity contribution in [1.29, 1.82) is 0 Å². The molecule has 0 aromatic heterocycles. The summed E-state index contributed by atoms with van der Waals surface area (Å²) in [5, 5.41) is 12.4. The van der Waals surface area contributed by atoms with E-state index >= 15 is 0 Å². The topological polar surface area (TPSA) is 72.5 Å². The maximum Gasteiger partial charge on any atom is 1.00 e. The minimum absolute atomic E-state index is 0. The Morgan fingerprint density at radius 2 is 1.83 bits per heavy atom. The van der Waals surface area contributed by atoms with E-state index in [1.165, 1.54) is 37.1 Å². The van der Waals surface area contributed by atoms with Crippen LogP contribution in [0.2, 0.25) is 0 Å². The molecule has 5 nitrogen and oxygen atoms in total. The Hall–Kier alpha value is 0.250. The van der Waals surface area contributed by atoms with Crippen LogP contribution in [0.5, 0.6) is 0 Å². The van der Waals surface area contributed by atoms with Crippen molar-refractivity contribution >= 4 is 23.6 Å². The van der Waals surface area contributed by atoms with Crippen molar-refractivity contribution in [2.75, 3.05) is 12.3 Å². The van der Waals surface area contributed by atoms with Crippen molar-refractivity contribution < 1.29 is 44.3 Å². The van der Waals surface area contributed by atoms with Crippen LogP contribution in [0, 0.1) is 29.6 Å². The van der Waals surface area contributed by atoms with Gasteiger partial charge in [-0.05, 0) is 55.8 Å². The van der Waals surface area contributed by atoms with Crippen LogP contribution in [-0.4, -0.2) is 34.1 Å². The molecule has 5 rings (SSSR count). The van der Waals surface area contributed by atoms with Gasteiger partial charge < -0.3 is 9.90 Å². The van der Waals surface area contributed by atoms with Crippen LogP contribution in [-0.2, 0) is 9.59 Å². The van der Waals surface area contributed by atoms with Crippen LogP contribution in [0.15, 0.2) is 0 Å². The minimum atomic E-state index is -1.20. The molecule has 1 amide bonds. The third kappa shape index (κ3) is 2.99. The van der Waals surface area contributed by atoms with Gasteiger partial charge in [0.25, 0.3) is 0 Å². The Balaban J connectivity index is 0.00000156. The van der Waals surface area contributed by atoms with E-state index in [1.54, 1.807) is 0 Å². The molecule has 4 bridgehead atoms. The molecule has 0 aromatic rings. The molecule has 5 fully saturated rings. The number of nitrogens with one attached hydrogen (secondary N) is 1. The zero-order valence-electron chi connectivity index (χ0n) is 13.9. The molecule has 0 radical (unpaired) electrons. The molecule has 7 heteroatoms. The van der Waals surface area contributed by atoms with E-state index in [9.17, 15) is 14.7 Å². The third-order valence-electron chi connectivity index (χ3n) is 6.21. The number of aliphatic carboxylic acids is 1. The molecule has 1 atom stereocenters.